The zero-order chi connectivity index (χ0) is 22.6. The highest BCUT2D eigenvalue weighted by Crippen LogP contribution is 2.37. The number of hydrogen-bond acceptors (Lipinski definition) is 3. The van der Waals surface area contributed by atoms with Gasteiger partial charge in [0.25, 0.3) is 5.91 Å². The first-order valence-electron chi connectivity index (χ1n) is 11.4. The van der Waals surface area contributed by atoms with Gasteiger partial charge in [-0.15, -0.1) is 0 Å². The zero-order valence-corrected chi connectivity index (χ0v) is 18.4. The molecule has 0 bridgehead atoms. The maximum Gasteiger partial charge on any atom is 0.267 e. The minimum Gasteiger partial charge on any atom is -0.367 e. The highest BCUT2D eigenvalue weighted by Gasteiger charge is 2.28. The Morgan fingerprint density at radius 3 is 2.94 bits per heavy atom. The van der Waals surface area contributed by atoms with Crippen molar-refractivity contribution in [2.75, 3.05) is 6.54 Å². The van der Waals surface area contributed by atoms with Crippen molar-refractivity contribution >= 4 is 22.9 Å². The number of aromatic nitrogens is 2. The number of para-hydroxylation sites is 1. The molecule has 0 saturated heterocycles. The van der Waals surface area contributed by atoms with Gasteiger partial charge in [0, 0.05) is 54.7 Å². The largest absolute Gasteiger partial charge is 0.367 e. The lowest BCUT2D eigenvalue weighted by Gasteiger charge is -2.29. The lowest BCUT2D eigenvalue weighted by molar-refractivity contribution is -0.124. The fourth-order valence-corrected chi connectivity index (χ4v) is 4.95. The molecule has 2 heterocycles. The van der Waals surface area contributed by atoms with Gasteiger partial charge in [-0.05, 0) is 65.3 Å². The van der Waals surface area contributed by atoms with Crippen molar-refractivity contribution in [1.82, 2.24) is 20.3 Å². The number of hydrogen-bond donors (Lipinski definition) is 4. The van der Waals surface area contributed by atoms with Crippen molar-refractivity contribution in [2.45, 2.75) is 31.8 Å². The topological polar surface area (TPSA) is 84.2 Å². The number of amides is 1. The molecule has 33 heavy (non-hydrogen) atoms. The molecule has 1 atom stereocenters. The van der Waals surface area contributed by atoms with Gasteiger partial charge in [0.05, 0.1) is 0 Å². The third kappa shape index (κ3) is 4.62. The number of H-pyrrole nitrogens is 2. The second-order valence-electron chi connectivity index (χ2n) is 8.62. The number of aromatic amines is 2. The molecule has 1 amide bonds. The molecule has 1 aliphatic carbocycles. The Labute approximate surface area is 192 Å². The van der Waals surface area contributed by atoms with Gasteiger partial charge in [-0.25, -0.2) is 5.48 Å². The summed E-state index contributed by atoms with van der Waals surface area (Å²) in [5, 5.41) is 9.99. The van der Waals surface area contributed by atoms with Crippen LogP contribution < -0.4 is 5.48 Å². The average molecular weight is 441 g/mol. The van der Waals surface area contributed by atoms with Crippen LogP contribution >= 0.6 is 0 Å². The highest BCUT2D eigenvalue weighted by molar-refractivity contribution is 5.90. The maximum atomic E-state index is 11.3. The van der Waals surface area contributed by atoms with Crippen LogP contribution in [0.4, 0.5) is 0 Å². The van der Waals surface area contributed by atoms with E-state index < -0.39 is 5.91 Å². The Bertz CT molecular complexity index is 1270. The first-order chi connectivity index (χ1) is 16.2. The number of carbonyl (C=O) groups excluding carboxylic acids is 1. The number of rotatable bonds is 8. The molecule has 0 fully saturated rings. The standard InChI is InChI=1S/C27H28N4O2/c32-27(30-33)10-6-19-5-8-24-21(15-19)7-9-26(24)31(18-20-11-13-28-16-20)14-12-22-17-29-25-4-2-1-3-23(22)25/h1-6,8,10-11,13,15-17,26,28-29,33H,7,9,12,14,18H2,(H,30,32)/b10-6+. The number of nitrogens with one attached hydrogen (secondary N) is 3. The van der Waals surface area contributed by atoms with Crippen LogP contribution in [0.2, 0.25) is 0 Å². The summed E-state index contributed by atoms with van der Waals surface area (Å²) in [6, 6.07) is 17.4. The van der Waals surface area contributed by atoms with Crippen molar-refractivity contribution in [1.29, 1.82) is 0 Å². The fraction of sp³-hybridized carbons (Fsp3) is 0.222. The summed E-state index contributed by atoms with van der Waals surface area (Å²) in [4.78, 5) is 20.5. The van der Waals surface area contributed by atoms with Crippen LogP contribution in [0.25, 0.3) is 17.0 Å². The Balaban J connectivity index is 1.37. The van der Waals surface area contributed by atoms with E-state index in [0.717, 1.165) is 37.9 Å². The monoisotopic (exact) mass is 440 g/mol. The van der Waals surface area contributed by atoms with Crippen LogP contribution in [0.5, 0.6) is 0 Å². The lowest BCUT2D eigenvalue weighted by Crippen LogP contribution is -2.29. The molecule has 0 saturated carbocycles. The summed E-state index contributed by atoms with van der Waals surface area (Å²) < 4.78 is 0. The third-order valence-corrected chi connectivity index (χ3v) is 6.58. The minimum absolute atomic E-state index is 0.360. The van der Waals surface area contributed by atoms with Crippen LogP contribution in [-0.2, 0) is 24.2 Å². The van der Waals surface area contributed by atoms with Crippen LogP contribution in [0.15, 0.2) is 73.2 Å². The number of nitrogens with zero attached hydrogens (tertiary/aromatic N) is 1. The summed E-state index contributed by atoms with van der Waals surface area (Å²) >= 11 is 0. The van der Waals surface area contributed by atoms with Crippen LogP contribution in [-0.4, -0.2) is 32.5 Å². The molecular formula is C27H28N4O2. The van der Waals surface area contributed by atoms with Gasteiger partial charge >= 0.3 is 0 Å². The molecule has 5 rings (SSSR count). The molecule has 0 aliphatic heterocycles. The molecule has 6 heteroatoms. The average Bonchev–Trinajstić information content (AvgIpc) is 3.60. The van der Waals surface area contributed by atoms with E-state index in [2.05, 4.69) is 69.7 Å². The Hall–Kier alpha value is -3.61. The maximum absolute atomic E-state index is 11.3. The van der Waals surface area contributed by atoms with E-state index >= 15 is 0 Å². The second-order valence-corrected chi connectivity index (χ2v) is 8.62. The molecule has 2 aromatic heterocycles. The van der Waals surface area contributed by atoms with Gasteiger partial charge in [-0.1, -0.05) is 36.4 Å². The molecule has 4 aromatic rings. The molecule has 0 radical (unpaired) electrons. The predicted molar refractivity (Wildman–Crippen MR) is 130 cm³/mol. The summed E-state index contributed by atoms with van der Waals surface area (Å²) in [6.07, 6.45) is 12.4. The van der Waals surface area contributed by atoms with E-state index in [0.29, 0.717) is 6.04 Å². The summed E-state index contributed by atoms with van der Waals surface area (Å²) in [7, 11) is 0. The summed E-state index contributed by atoms with van der Waals surface area (Å²) in [5.41, 5.74) is 9.12. The first kappa shape index (κ1) is 21.2. The number of benzene rings is 2. The van der Waals surface area contributed by atoms with Crippen molar-refractivity contribution < 1.29 is 10.0 Å². The van der Waals surface area contributed by atoms with Gasteiger partial charge < -0.3 is 9.97 Å². The van der Waals surface area contributed by atoms with Crippen molar-refractivity contribution in [3.05, 3.63) is 101 Å². The number of hydroxylamine groups is 1. The van der Waals surface area contributed by atoms with Gasteiger partial charge in [0.2, 0.25) is 0 Å². The first-order valence-corrected chi connectivity index (χ1v) is 11.4. The predicted octanol–water partition coefficient (Wildman–Crippen LogP) is 4.75. The molecule has 1 unspecified atom stereocenters. The number of carbonyl (C=O) groups is 1. The number of aryl methyl sites for hydroxylation is 1. The van der Waals surface area contributed by atoms with Gasteiger partial charge in [-0.2, -0.15) is 0 Å². The zero-order valence-electron chi connectivity index (χ0n) is 18.4. The lowest BCUT2D eigenvalue weighted by atomic mass is 10.0. The summed E-state index contributed by atoms with van der Waals surface area (Å²) in [6.45, 7) is 1.86. The van der Waals surface area contributed by atoms with Crippen LogP contribution in [0, 0.1) is 0 Å². The Morgan fingerprint density at radius 1 is 1.18 bits per heavy atom. The molecule has 2 aromatic carbocycles. The molecular weight excluding hydrogens is 412 g/mol. The Kier molecular flexibility index (Phi) is 6.11. The van der Waals surface area contributed by atoms with E-state index in [9.17, 15) is 4.79 Å². The van der Waals surface area contributed by atoms with Gasteiger partial charge in [-0.3, -0.25) is 14.9 Å². The summed E-state index contributed by atoms with van der Waals surface area (Å²) in [5.74, 6) is -0.525. The van der Waals surface area contributed by atoms with Crippen molar-refractivity contribution in [3.8, 4) is 0 Å². The molecule has 1 aliphatic rings. The minimum atomic E-state index is -0.525. The second kappa shape index (κ2) is 9.48. The Morgan fingerprint density at radius 2 is 2.09 bits per heavy atom. The number of fused-ring (bicyclic) bond motifs is 2. The van der Waals surface area contributed by atoms with E-state index in [1.807, 2.05) is 12.3 Å². The van der Waals surface area contributed by atoms with Crippen LogP contribution in [0.1, 0.15) is 40.3 Å². The van der Waals surface area contributed by atoms with E-state index in [1.165, 1.54) is 39.2 Å². The fourth-order valence-electron chi connectivity index (χ4n) is 4.95. The van der Waals surface area contributed by atoms with E-state index in [1.54, 1.807) is 11.6 Å². The normalized spacial score (nSPS) is 15.5. The smallest absolute Gasteiger partial charge is 0.267 e. The van der Waals surface area contributed by atoms with Gasteiger partial charge in [0.15, 0.2) is 0 Å². The molecule has 4 N–H and O–H groups in total. The third-order valence-electron chi connectivity index (χ3n) is 6.58. The van der Waals surface area contributed by atoms with Crippen molar-refractivity contribution in [3.63, 3.8) is 0 Å². The van der Waals surface area contributed by atoms with Gasteiger partial charge in [0.1, 0.15) is 0 Å². The van der Waals surface area contributed by atoms with E-state index in [-0.39, 0.29) is 0 Å². The van der Waals surface area contributed by atoms with Crippen LogP contribution in [0.3, 0.4) is 0 Å². The molecule has 0 spiro atoms. The highest BCUT2D eigenvalue weighted by atomic mass is 16.5. The SMILES string of the molecule is O=C(/C=C/c1ccc2c(c1)CCC2N(CCc1c[nH]c2ccccc12)Cc1cc[nH]c1)NO. The molecule has 6 nitrogen and oxygen atoms in total. The van der Waals surface area contributed by atoms with Crippen molar-refractivity contribution in [2.24, 2.45) is 0 Å². The quantitative estimate of drug-likeness (QED) is 0.181. The molecule has 168 valence electrons. The van der Waals surface area contributed by atoms with E-state index in [4.69, 9.17) is 5.21 Å².